The number of anilines is 1. The molecular formula is C15H14Cl2N2O2. The average molecular weight is 325 g/mol. The minimum absolute atomic E-state index is 0.112. The zero-order valence-corrected chi connectivity index (χ0v) is 12.7. The minimum Gasteiger partial charge on any atom is -0.467 e. The molecule has 0 spiro atoms. The third-order valence-corrected chi connectivity index (χ3v) is 4.27. The molecule has 0 saturated heterocycles. The van der Waals surface area contributed by atoms with E-state index in [0.29, 0.717) is 17.8 Å². The first-order chi connectivity index (χ1) is 10.1. The predicted octanol–water partition coefficient (Wildman–Crippen LogP) is 3.97. The Labute approximate surface area is 132 Å². The number of furan rings is 1. The van der Waals surface area contributed by atoms with Crippen molar-refractivity contribution in [3.8, 4) is 0 Å². The van der Waals surface area contributed by atoms with Crippen molar-refractivity contribution in [2.75, 3.05) is 5.73 Å². The number of hydrogen-bond acceptors (Lipinski definition) is 3. The van der Waals surface area contributed by atoms with E-state index in [1.165, 1.54) is 0 Å². The van der Waals surface area contributed by atoms with Crippen LogP contribution in [0.1, 0.15) is 29.0 Å². The molecule has 1 heterocycles. The fraction of sp³-hybridized carbons (Fsp3) is 0.267. The highest BCUT2D eigenvalue weighted by Gasteiger charge is 2.34. The van der Waals surface area contributed by atoms with Gasteiger partial charge in [0.2, 0.25) is 0 Å². The van der Waals surface area contributed by atoms with Crippen molar-refractivity contribution in [2.24, 2.45) is 0 Å². The molecule has 2 aromatic rings. The molecule has 0 aliphatic heterocycles. The highest BCUT2D eigenvalue weighted by molar-refractivity contribution is 6.43. The highest BCUT2D eigenvalue weighted by atomic mass is 35.5. The van der Waals surface area contributed by atoms with Gasteiger partial charge in [-0.25, -0.2) is 0 Å². The number of nitrogens with two attached hydrogens (primary N) is 1. The Morgan fingerprint density at radius 1 is 1.38 bits per heavy atom. The van der Waals surface area contributed by atoms with E-state index in [1.54, 1.807) is 23.3 Å². The molecule has 1 amide bonds. The van der Waals surface area contributed by atoms with E-state index in [-0.39, 0.29) is 22.0 Å². The molecule has 6 heteroatoms. The van der Waals surface area contributed by atoms with Gasteiger partial charge in [-0.05, 0) is 37.1 Å². The lowest BCUT2D eigenvalue weighted by Crippen LogP contribution is -2.32. The lowest BCUT2D eigenvalue weighted by atomic mass is 10.1. The van der Waals surface area contributed by atoms with Crippen molar-refractivity contribution < 1.29 is 9.21 Å². The predicted molar refractivity (Wildman–Crippen MR) is 82.5 cm³/mol. The van der Waals surface area contributed by atoms with Crippen molar-refractivity contribution in [2.45, 2.75) is 25.4 Å². The first-order valence-electron chi connectivity index (χ1n) is 6.64. The Kier molecular flexibility index (Phi) is 3.83. The molecule has 0 bridgehead atoms. The summed E-state index contributed by atoms with van der Waals surface area (Å²) in [5.74, 6) is 0.641. The number of carbonyl (C=O) groups excluding carboxylic acids is 1. The first-order valence-corrected chi connectivity index (χ1v) is 7.39. The number of nitrogen functional groups attached to an aromatic ring is 1. The van der Waals surface area contributed by atoms with Gasteiger partial charge in [0.15, 0.2) is 0 Å². The summed E-state index contributed by atoms with van der Waals surface area (Å²) in [4.78, 5) is 14.5. The topological polar surface area (TPSA) is 59.5 Å². The second-order valence-electron chi connectivity index (χ2n) is 5.10. The van der Waals surface area contributed by atoms with Gasteiger partial charge < -0.3 is 15.1 Å². The lowest BCUT2D eigenvalue weighted by Gasteiger charge is -2.22. The van der Waals surface area contributed by atoms with Gasteiger partial charge in [0.05, 0.1) is 28.5 Å². The molecule has 110 valence electrons. The summed E-state index contributed by atoms with van der Waals surface area (Å²) in [6.07, 6.45) is 3.61. The van der Waals surface area contributed by atoms with Crippen LogP contribution in [0.25, 0.3) is 0 Å². The van der Waals surface area contributed by atoms with E-state index < -0.39 is 0 Å². The van der Waals surface area contributed by atoms with Gasteiger partial charge in [0.1, 0.15) is 5.76 Å². The molecule has 21 heavy (non-hydrogen) atoms. The molecule has 1 aromatic heterocycles. The zero-order chi connectivity index (χ0) is 15.0. The van der Waals surface area contributed by atoms with Crippen molar-refractivity contribution in [1.82, 2.24) is 4.90 Å². The van der Waals surface area contributed by atoms with Crippen LogP contribution in [0.4, 0.5) is 5.69 Å². The van der Waals surface area contributed by atoms with Crippen LogP contribution >= 0.6 is 23.2 Å². The van der Waals surface area contributed by atoms with Crippen molar-refractivity contribution in [3.63, 3.8) is 0 Å². The molecule has 0 radical (unpaired) electrons. The third-order valence-electron chi connectivity index (χ3n) is 3.46. The molecule has 3 rings (SSSR count). The van der Waals surface area contributed by atoms with Crippen molar-refractivity contribution >= 4 is 34.8 Å². The molecule has 1 saturated carbocycles. The normalized spacial score (nSPS) is 14.2. The number of carbonyl (C=O) groups is 1. The summed E-state index contributed by atoms with van der Waals surface area (Å²) in [6.45, 7) is 0.441. The van der Waals surface area contributed by atoms with Gasteiger partial charge in [0, 0.05) is 11.6 Å². The average Bonchev–Trinajstić information content (AvgIpc) is 3.17. The second-order valence-corrected chi connectivity index (χ2v) is 5.89. The molecule has 1 aliphatic rings. The Hall–Kier alpha value is -1.65. The largest absolute Gasteiger partial charge is 0.467 e. The fourth-order valence-electron chi connectivity index (χ4n) is 2.22. The van der Waals surface area contributed by atoms with Gasteiger partial charge in [-0.3, -0.25) is 4.79 Å². The summed E-state index contributed by atoms with van der Waals surface area (Å²) in [5, 5.41) is 0.561. The smallest absolute Gasteiger partial charge is 0.254 e. The number of nitrogens with zero attached hydrogens (tertiary/aromatic N) is 1. The quantitative estimate of drug-likeness (QED) is 0.865. The van der Waals surface area contributed by atoms with Gasteiger partial charge in [0.25, 0.3) is 5.91 Å². The van der Waals surface area contributed by atoms with E-state index in [9.17, 15) is 4.79 Å². The van der Waals surface area contributed by atoms with Crippen LogP contribution < -0.4 is 5.73 Å². The number of benzene rings is 1. The van der Waals surface area contributed by atoms with E-state index in [4.69, 9.17) is 33.4 Å². The monoisotopic (exact) mass is 324 g/mol. The molecule has 2 N–H and O–H groups in total. The van der Waals surface area contributed by atoms with Crippen LogP contribution in [-0.4, -0.2) is 16.8 Å². The minimum atomic E-state index is -0.112. The van der Waals surface area contributed by atoms with E-state index >= 15 is 0 Å². The molecule has 4 nitrogen and oxygen atoms in total. The number of rotatable bonds is 4. The summed E-state index contributed by atoms with van der Waals surface area (Å²) >= 11 is 11.9. The van der Waals surface area contributed by atoms with Crippen LogP contribution in [0.15, 0.2) is 34.9 Å². The van der Waals surface area contributed by atoms with E-state index in [0.717, 1.165) is 18.6 Å². The highest BCUT2D eigenvalue weighted by Crippen LogP contribution is 2.33. The SMILES string of the molecule is Nc1cc(C(=O)N(Cc2ccco2)C2CC2)cc(Cl)c1Cl. The van der Waals surface area contributed by atoms with Gasteiger partial charge in [-0.2, -0.15) is 0 Å². The molecule has 1 aliphatic carbocycles. The summed E-state index contributed by atoms with van der Waals surface area (Å²) < 4.78 is 5.33. The molecule has 1 aromatic carbocycles. The van der Waals surface area contributed by atoms with E-state index in [2.05, 4.69) is 0 Å². The first kappa shape index (κ1) is 14.3. The Morgan fingerprint density at radius 2 is 2.14 bits per heavy atom. The van der Waals surface area contributed by atoms with Gasteiger partial charge >= 0.3 is 0 Å². The van der Waals surface area contributed by atoms with Crippen molar-refractivity contribution in [1.29, 1.82) is 0 Å². The van der Waals surface area contributed by atoms with Crippen LogP contribution in [0.2, 0.25) is 10.0 Å². The standard InChI is InChI=1S/C15H14Cl2N2O2/c16-12-6-9(7-13(18)14(12)17)15(20)19(10-3-4-10)8-11-2-1-5-21-11/h1-2,5-7,10H,3-4,8,18H2. The lowest BCUT2D eigenvalue weighted by molar-refractivity contribution is 0.0717. The fourth-order valence-corrected chi connectivity index (χ4v) is 2.56. The number of amides is 1. The maximum absolute atomic E-state index is 12.7. The van der Waals surface area contributed by atoms with E-state index in [1.807, 2.05) is 12.1 Å². The summed E-state index contributed by atoms with van der Waals surface area (Å²) in [6, 6.07) is 7.03. The second kappa shape index (κ2) is 5.62. The Balaban J connectivity index is 1.87. The van der Waals surface area contributed by atoms with Crippen LogP contribution in [0.3, 0.4) is 0 Å². The van der Waals surface area contributed by atoms with Crippen LogP contribution in [-0.2, 0) is 6.54 Å². The van der Waals surface area contributed by atoms with Gasteiger partial charge in [-0.15, -0.1) is 0 Å². The van der Waals surface area contributed by atoms with Crippen molar-refractivity contribution in [3.05, 3.63) is 51.9 Å². The summed E-state index contributed by atoms with van der Waals surface area (Å²) in [7, 11) is 0. The number of halogens is 2. The van der Waals surface area contributed by atoms with Gasteiger partial charge in [-0.1, -0.05) is 23.2 Å². The molecule has 1 fully saturated rings. The maximum atomic E-state index is 12.7. The van der Waals surface area contributed by atoms with Crippen LogP contribution in [0, 0.1) is 0 Å². The van der Waals surface area contributed by atoms with Crippen LogP contribution in [0.5, 0.6) is 0 Å². The summed E-state index contributed by atoms with van der Waals surface area (Å²) in [5.41, 5.74) is 6.53. The zero-order valence-electron chi connectivity index (χ0n) is 11.2. The molecule has 0 unspecified atom stereocenters. The maximum Gasteiger partial charge on any atom is 0.254 e. The molecular weight excluding hydrogens is 311 g/mol. The Bertz CT molecular complexity index is 643. The number of hydrogen-bond donors (Lipinski definition) is 1. The Morgan fingerprint density at radius 3 is 2.71 bits per heavy atom. The molecule has 0 atom stereocenters. The third kappa shape index (κ3) is 3.01.